The number of fused-ring (bicyclic) bond motifs is 1. The third-order valence-electron chi connectivity index (χ3n) is 2.49. The normalized spacial score (nSPS) is 52.8. The first kappa shape index (κ1) is 8.40. The number of hydrogen-bond acceptors (Lipinski definition) is 5. The van der Waals surface area contributed by atoms with E-state index in [1.807, 2.05) is 0 Å². The average molecular weight is 175 g/mol. The molecule has 2 fully saturated rings. The van der Waals surface area contributed by atoms with Gasteiger partial charge in [-0.15, -0.1) is 0 Å². The molecule has 2 heterocycles. The number of aliphatic hydroxyl groups excluding tert-OH is 1. The molecule has 0 bridgehead atoms. The van der Waals surface area contributed by atoms with E-state index in [9.17, 15) is 5.11 Å². The van der Waals surface area contributed by atoms with Crippen LogP contribution in [-0.2, 0) is 14.2 Å². The largest absolute Gasteiger partial charge is 0.368 e. The van der Waals surface area contributed by atoms with Gasteiger partial charge in [-0.2, -0.15) is 0 Å². The molecule has 0 spiro atoms. The Morgan fingerprint density at radius 1 is 1.58 bits per heavy atom. The maximum absolute atomic E-state index is 9.35. The SMILES string of the molecule is COC1OC2COC(O)C2C1N. The minimum Gasteiger partial charge on any atom is -0.368 e. The van der Waals surface area contributed by atoms with Crippen LogP contribution in [0.4, 0.5) is 0 Å². The topological polar surface area (TPSA) is 73.9 Å². The molecule has 0 radical (unpaired) electrons. The minimum absolute atomic E-state index is 0.111. The van der Waals surface area contributed by atoms with Crippen LogP contribution in [0.1, 0.15) is 0 Å². The van der Waals surface area contributed by atoms with Gasteiger partial charge in [0.2, 0.25) is 0 Å². The van der Waals surface area contributed by atoms with Crippen molar-refractivity contribution in [3.8, 4) is 0 Å². The van der Waals surface area contributed by atoms with Gasteiger partial charge in [-0.05, 0) is 0 Å². The zero-order valence-corrected chi connectivity index (χ0v) is 6.84. The number of aliphatic hydroxyl groups is 1. The summed E-state index contributed by atoms with van der Waals surface area (Å²) in [6.07, 6.45) is -1.32. The van der Waals surface area contributed by atoms with Crippen LogP contribution in [-0.4, -0.2) is 43.5 Å². The smallest absolute Gasteiger partial charge is 0.173 e. The lowest BCUT2D eigenvalue weighted by Crippen LogP contribution is -2.41. The molecule has 70 valence electrons. The maximum atomic E-state index is 9.35. The van der Waals surface area contributed by atoms with Crippen molar-refractivity contribution in [2.45, 2.75) is 24.7 Å². The second kappa shape index (κ2) is 2.93. The van der Waals surface area contributed by atoms with Crippen molar-refractivity contribution in [2.75, 3.05) is 13.7 Å². The summed E-state index contributed by atoms with van der Waals surface area (Å²) in [5, 5.41) is 9.35. The van der Waals surface area contributed by atoms with Crippen LogP contribution in [0.2, 0.25) is 0 Å². The molecule has 0 saturated carbocycles. The van der Waals surface area contributed by atoms with Crippen LogP contribution in [0.25, 0.3) is 0 Å². The lowest BCUT2D eigenvalue weighted by atomic mass is 9.99. The second-order valence-electron chi connectivity index (χ2n) is 3.16. The minimum atomic E-state index is -0.801. The third-order valence-corrected chi connectivity index (χ3v) is 2.49. The molecule has 5 nitrogen and oxygen atoms in total. The van der Waals surface area contributed by atoms with Gasteiger partial charge in [0.15, 0.2) is 12.6 Å². The predicted molar refractivity (Wildman–Crippen MR) is 39.1 cm³/mol. The summed E-state index contributed by atoms with van der Waals surface area (Å²) in [7, 11) is 1.54. The highest BCUT2D eigenvalue weighted by atomic mass is 16.7. The van der Waals surface area contributed by atoms with Gasteiger partial charge >= 0.3 is 0 Å². The highest BCUT2D eigenvalue weighted by Crippen LogP contribution is 2.34. The predicted octanol–water partition coefficient (Wildman–Crippen LogP) is -1.35. The molecule has 2 aliphatic heterocycles. The van der Waals surface area contributed by atoms with Crippen LogP contribution < -0.4 is 5.73 Å². The highest BCUT2D eigenvalue weighted by molar-refractivity contribution is 4.94. The Bertz CT molecular complexity index is 177. The van der Waals surface area contributed by atoms with E-state index in [2.05, 4.69) is 0 Å². The fourth-order valence-electron chi connectivity index (χ4n) is 1.82. The molecule has 2 saturated heterocycles. The van der Waals surface area contributed by atoms with Crippen molar-refractivity contribution in [1.29, 1.82) is 0 Å². The molecule has 12 heavy (non-hydrogen) atoms. The quantitative estimate of drug-likeness (QED) is 0.515. The molecule has 5 heteroatoms. The summed E-state index contributed by atoms with van der Waals surface area (Å²) < 4.78 is 15.4. The van der Waals surface area contributed by atoms with Gasteiger partial charge in [0.25, 0.3) is 0 Å². The Morgan fingerprint density at radius 2 is 2.33 bits per heavy atom. The lowest BCUT2D eigenvalue weighted by Gasteiger charge is -2.18. The van der Waals surface area contributed by atoms with Crippen molar-refractivity contribution < 1.29 is 19.3 Å². The number of hydrogen-bond donors (Lipinski definition) is 2. The average Bonchev–Trinajstić information content (AvgIpc) is 2.55. The first-order valence-corrected chi connectivity index (χ1v) is 3.97. The van der Waals surface area contributed by atoms with Gasteiger partial charge in [0.1, 0.15) is 0 Å². The van der Waals surface area contributed by atoms with Crippen molar-refractivity contribution >= 4 is 0 Å². The Labute approximate surface area is 70.4 Å². The van der Waals surface area contributed by atoms with Crippen LogP contribution in [0.15, 0.2) is 0 Å². The molecular formula is C7H13NO4. The van der Waals surface area contributed by atoms with Gasteiger partial charge in [-0.25, -0.2) is 0 Å². The summed E-state index contributed by atoms with van der Waals surface area (Å²) in [5.41, 5.74) is 5.78. The van der Waals surface area contributed by atoms with Crippen LogP contribution >= 0.6 is 0 Å². The fraction of sp³-hybridized carbons (Fsp3) is 1.00. The Morgan fingerprint density at radius 3 is 2.92 bits per heavy atom. The first-order chi connectivity index (χ1) is 5.74. The molecule has 5 unspecified atom stereocenters. The van der Waals surface area contributed by atoms with Crippen LogP contribution in [0.5, 0.6) is 0 Å². The van der Waals surface area contributed by atoms with Crippen LogP contribution in [0.3, 0.4) is 0 Å². The van der Waals surface area contributed by atoms with E-state index in [0.717, 1.165) is 0 Å². The lowest BCUT2D eigenvalue weighted by molar-refractivity contribution is -0.142. The van der Waals surface area contributed by atoms with E-state index >= 15 is 0 Å². The fourth-order valence-corrected chi connectivity index (χ4v) is 1.82. The highest BCUT2D eigenvalue weighted by Gasteiger charge is 2.50. The monoisotopic (exact) mass is 175 g/mol. The summed E-state index contributed by atoms with van der Waals surface area (Å²) in [6, 6.07) is -0.294. The van der Waals surface area contributed by atoms with Crippen molar-refractivity contribution in [1.82, 2.24) is 0 Å². The van der Waals surface area contributed by atoms with Crippen molar-refractivity contribution in [2.24, 2.45) is 11.7 Å². The van der Waals surface area contributed by atoms with Gasteiger partial charge in [-0.1, -0.05) is 0 Å². The molecule has 3 N–H and O–H groups in total. The molecule has 2 aliphatic rings. The van der Waals surface area contributed by atoms with Crippen LogP contribution in [0, 0.1) is 5.92 Å². The van der Waals surface area contributed by atoms with Gasteiger partial charge in [0.05, 0.1) is 24.7 Å². The molecule has 0 aromatic carbocycles. The molecule has 2 rings (SSSR count). The molecule has 0 aromatic rings. The third kappa shape index (κ3) is 1.06. The van der Waals surface area contributed by atoms with E-state index in [1.54, 1.807) is 7.11 Å². The summed E-state index contributed by atoms with van der Waals surface area (Å²) >= 11 is 0. The number of rotatable bonds is 1. The van der Waals surface area contributed by atoms with E-state index in [4.69, 9.17) is 19.9 Å². The molecule has 0 amide bonds. The standard InChI is InChI=1S/C7H13NO4/c1-10-7-5(8)4-3(12-7)2-11-6(4)9/h3-7,9H,2,8H2,1H3. The van der Waals surface area contributed by atoms with E-state index in [1.165, 1.54) is 0 Å². The maximum Gasteiger partial charge on any atom is 0.173 e. The zero-order chi connectivity index (χ0) is 8.72. The number of ether oxygens (including phenoxy) is 3. The Hall–Kier alpha value is -0.200. The van der Waals surface area contributed by atoms with E-state index < -0.39 is 12.6 Å². The molecular weight excluding hydrogens is 162 g/mol. The Kier molecular flexibility index (Phi) is 2.05. The molecule has 0 aliphatic carbocycles. The van der Waals surface area contributed by atoms with Gasteiger partial charge in [0, 0.05) is 7.11 Å². The van der Waals surface area contributed by atoms with Gasteiger partial charge in [-0.3, -0.25) is 0 Å². The number of nitrogens with two attached hydrogens (primary N) is 1. The zero-order valence-electron chi connectivity index (χ0n) is 6.84. The van der Waals surface area contributed by atoms with Gasteiger partial charge < -0.3 is 25.1 Å². The summed E-state index contributed by atoms with van der Waals surface area (Å²) in [4.78, 5) is 0. The van der Waals surface area contributed by atoms with Crippen molar-refractivity contribution in [3.05, 3.63) is 0 Å². The Balaban J connectivity index is 2.09. The van der Waals surface area contributed by atoms with E-state index in [-0.39, 0.29) is 18.1 Å². The summed E-state index contributed by atoms with van der Waals surface area (Å²) in [5.74, 6) is -0.144. The molecule has 0 aromatic heterocycles. The second-order valence-corrected chi connectivity index (χ2v) is 3.16. The molecule has 5 atom stereocenters. The number of methoxy groups -OCH3 is 1. The van der Waals surface area contributed by atoms with Crippen molar-refractivity contribution in [3.63, 3.8) is 0 Å². The van der Waals surface area contributed by atoms with E-state index in [0.29, 0.717) is 6.61 Å². The summed E-state index contributed by atoms with van der Waals surface area (Å²) in [6.45, 7) is 0.402. The first-order valence-electron chi connectivity index (χ1n) is 3.97.